The van der Waals surface area contributed by atoms with Gasteiger partial charge in [0.05, 0.1) is 6.61 Å². The van der Waals surface area contributed by atoms with Crippen LogP contribution in [0.3, 0.4) is 0 Å². The van der Waals surface area contributed by atoms with Gasteiger partial charge in [0, 0.05) is 19.3 Å². The molecule has 0 aromatic heterocycles. The first-order chi connectivity index (χ1) is 14.1. The summed E-state index contributed by atoms with van der Waals surface area (Å²) in [6, 6.07) is 10.0. The smallest absolute Gasteiger partial charge is 0.303 e. The minimum Gasteiger partial charge on any atom is -0.481 e. The second-order valence-corrected chi connectivity index (χ2v) is 8.25. The van der Waals surface area contributed by atoms with Crippen molar-refractivity contribution in [2.45, 2.75) is 116 Å². The molecule has 29 heavy (non-hydrogen) atoms. The zero-order valence-corrected chi connectivity index (χ0v) is 18.4. The molecule has 0 radical (unpaired) electrons. The first-order valence-corrected chi connectivity index (χ1v) is 11.7. The van der Waals surface area contributed by atoms with E-state index < -0.39 is 11.8 Å². The van der Waals surface area contributed by atoms with Gasteiger partial charge in [-0.2, -0.15) is 0 Å². The fraction of sp³-hybridized carbons (Fsp3) is 0.720. The van der Waals surface area contributed by atoms with E-state index in [2.05, 4.69) is 6.92 Å². The van der Waals surface area contributed by atoms with E-state index in [1.54, 1.807) is 0 Å². The number of rotatable bonds is 19. The monoisotopic (exact) mass is 406 g/mol. The molecule has 0 aliphatic heterocycles. The van der Waals surface area contributed by atoms with E-state index in [9.17, 15) is 9.90 Å². The maximum Gasteiger partial charge on any atom is 0.303 e. The Morgan fingerprint density at radius 2 is 1.34 bits per heavy atom. The number of ether oxygens (including phenoxy) is 1. The number of unbranched alkanes of at least 4 members (excludes halogenated alkanes) is 10. The molecule has 0 amide bonds. The van der Waals surface area contributed by atoms with E-state index in [0.29, 0.717) is 19.4 Å². The lowest BCUT2D eigenvalue weighted by Crippen LogP contribution is -2.32. The molecule has 0 saturated heterocycles. The molecule has 166 valence electrons. The summed E-state index contributed by atoms with van der Waals surface area (Å²) in [4.78, 5) is 10.6. The van der Waals surface area contributed by atoms with Crippen LogP contribution in [0.2, 0.25) is 0 Å². The summed E-state index contributed by atoms with van der Waals surface area (Å²) < 4.78 is 6.00. The van der Waals surface area contributed by atoms with Crippen LogP contribution in [0.5, 0.6) is 0 Å². The van der Waals surface area contributed by atoms with Crippen LogP contribution in [0, 0.1) is 0 Å². The van der Waals surface area contributed by atoms with Gasteiger partial charge in [0.25, 0.3) is 0 Å². The SMILES string of the molecule is CCCCCCCCCC(O)(CCCCCCCC(=O)O)OCc1ccccc1. The van der Waals surface area contributed by atoms with Crippen molar-refractivity contribution < 1.29 is 19.7 Å². The lowest BCUT2D eigenvalue weighted by molar-refractivity contribution is -0.220. The molecule has 1 aromatic carbocycles. The number of carboxylic acids is 1. The van der Waals surface area contributed by atoms with Crippen LogP contribution in [0.25, 0.3) is 0 Å². The Kier molecular flexibility index (Phi) is 14.5. The molecular formula is C25H42O4. The topological polar surface area (TPSA) is 66.8 Å². The lowest BCUT2D eigenvalue weighted by Gasteiger charge is -2.29. The fourth-order valence-corrected chi connectivity index (χ4v) is 3.63. The Bertz CT molecular complexity index is 517. The highest BCUT2D eigenvalue weighted by atomic mass is 16.6. The average Bonchev–Trinajstić information content (AvgIpc) is 2.72. The van der Waals surface area contributed by atoms with Gasteiger partial charge in [-0.25, -0.2) is 0 Å². The highest BCUT2D eigenvalue weighted by Gasteiger charge is 2.26. The van der Waals surface area contributed by atoms with E-state index in [1.807, 2.05) is 30.3 Å². The van der Waals surface area contributed by atoms with Gasteiger partial charge in [-0.05, 0) is 24.8 Å². The largest absolute Gasteiger partial charge is 0.481 e. The quantitative estimate of drug-likeness (QED) is 0.195. The van der Waals surface area contributed by atoms with Crippen molar-refractivity contribution in [3.05, 3.63) is 35.9 Å². The molecule has 0 saturated carbocycles. The molecule has 0 spiro atoms. The molecule has 0 aliphatic rings. The second-order valence-electron chi connectivity index (χ2n) is 8.25. The molecule has 0 bridgehead atoms. The summed E-state index contributed by atoms with van der Waals surface area (Å²) in [6.07, 6.45) is 14.8. The lowest BCUT2D eigenvalue weighted by atomic mass is 9.98. The van der Waals surface area contributed by atoms with Gasteiger partial charge >= 0.3 is 5.97 Å². The van der Waals surface area contributed by atoms with Gasteiger partial charge in [-0.1, -0.05) is 95.0 Å². The summed E-state index contributed by atoms with van der Waals surface area (Å²) in [5.41, 5.74) is 1.08. The van der Waals surface area contributed by atoms with Gasteiger partial charge < -0.3 is 14.9 Å². The van der Waals surface area contributed by atoms with Gasteiger partial charge in [0.2, 0.25) is 0 Å². The zero-order valence-electron chi connectivity index (χ0n) is 18.4. The Morgan fingerprint density at radius 1 is 0.828 bits per heavy atom. The van der Waals surface area contributed by atoms with Crippen LogP contribution in [0.4, 0.5) is 0 Å². The van der Waals surface area contributed by atoms with Crippen molar-refractivity contribution in [1.29, 1.82) is 0 Å². The molecule has 1 rings (SSSR count). The normalized spacial score (nSPS) is 13.3. The van der Waals surface area contributed by atoms with E-state index in [0.717, 1.165) is 50.5 Å². The van der Waals surface area contributed by atoms with Crippen LogP contribution in [-0.4, -0.2) is 22.0 Å². The highest BCUT2D eigenvalue weighted by Crippen LogP contribution is 2.26. The van der Waals surface area contributed by atoms with Gasteiger partial charge in [0.15, 0.2) is 5.79 Å². The molecule has 0 fully saturated rings. The number of aliphatic hydroxyl groups is 1. The molecular weight excluding hydrogens is 364 g/mol. The van der Waals surface area contributed by atoms with Crippen LogP contribution in [0.1, 0.15) is 109 Å². The first-order valence-electron chi connectivity index (χ1n) is 11.7. The second kappa shape index (κ2) is 16.4. The van der Waals surface area contributed by atoms with Crippen LogP contribution in [-0.2, 0) is 16.1 Å². The number of hydrogen-bond acceptors (Lipinski definition) is 3. The molecule has 0 aliphatic carbocycles. The fourth-order valence-electron chi connectivity index (χ4n) is 3.63. The molecule has 1 aromatic rings. The predicted molar refractivity (Wildman–Crippen MR) is 119 cm³/mol. The minimum atomic E-state index is -1.06. The van der Waals surface area contributed by atoms with E-state index >= 15 is 0 Å². The third-order valence-electron chi connectivity index (χ3n) is 5.48. The molecule has 1 atom stereocenters. The highest BCUT2D eigenvalue weighted by molar-refractivity contribution is 5.66. The maximum absolute atomic E-state index is 11.1. The summed E-state index contributed by atoms with van der Waals surface area (Å²) in [5.74, 6) is -1.77. The standard InChI is InChI=1S/C25H42O4/c1-2-3-4-5-6-9-15-20-25(28,29-22-23-17-12-11-13-18-23)21-16-10-7-8-14-19-24(26)27/h11-13,17-18,28H,2-10,14-16,19-22H2,1H3,(H,26,27). The predicted octanol–water partition coefficient (Wildman–Crippen LogP) is 6.85. The summed E-state index contributed by atoms with van der Waals surface area (Å²) in [7, 11) is 0. The number of carbonyl (C=O) groups is 1. The molecule has 2 N–H and O–H groups in total. The number of aliphatic carboxylic acids is 1. The Labute approximate surface area is 177 Å². The number of hydrogen-bond donors (Lipinski definition) is 2. The van der Waals surface area contributed by atoms with Crippen LogP contribution < -0.4 is 0 Å². The molecule has 4 heteroatoms. The average molecular weight is 407 g/mol. The van der Waals surface area contributed by atoms with Crippen molar-refractivity contribution in [1.82, 2.24) is 0 Å². The third-order valence-corrected chi connectivity index (χ3v) is 5.48. The van der Waals surface area contributed by atoms with Crippen molar-refractivity contribution in [2.24, 2.45) is 0 Å². The van der Waals surface area contributed by atoms with Crippen molar-refractivity contribution in [3.8, 4) is 0 Å². The zero-order chi connectivity index (χ0) is 21.2. The Balaban J connectivity index is 2.33. The van der Waals surface area contributed by atoms with Crippen molar-refractivity contribution in [2.75, 3.05) is 0 Å². The summed E-state index contributed by atoms with van der Waals surface area (Å²) in [6.45, 7) is 2.67. The Morgan fingerprint density at radius 3 is 1.90 bits per heavy atom. The molecule has 4 nitrogen and oxygen atoms in total. The van der Waals surface area contributed by atoms with Crippen molar-refractivity contribution in [3.63, 3.8) is 0 Å². The minimum absolute atomic E-state index is 0.252. The van der Waals surface area contributed by atoms with Gasteiger partial charge in [0.1, 0.15) is 0 Å². The maximum atomic E-state index is 11.1. The summed E-state index contributed by atoms with van der Waals surface area (Å²) >= 11 is 0. The number of benzene rings is 1. The van der Waals surface area contributed by atoms with Crippen LogP contribution >= 0.6 is 0 Å². The molecule has 1 unspecified atom stereocenters. The first kappa shape index (κ1) is 25.6. The van der Waals surface area contributed by atoms with Gasteiger partial charge in [-0.15, -0.1) is 0 Å². The Hall–Kier alpha value is -1.39. The third kappa shape index (κ3) is 14.3. The van der Waals surface area contributed by atoms with E-state index in [1.165, 1.54) is 32.1 Å². The van der Waals surface area contributed by atoms with E-state index in [-0.39, 0.29) is 6.42 Å². The van der Waals surface area contributed by atoms with Crippen LogP contribution in [0.15, 0.2) is 30.3 Å². The van der Waals surface area contributed by atoms with Gasteiger partial charge in [-0.3, -0.25) is 4.79 Å². The number of carboxylic acid groups (broad SMARTS) is 1. The summed E-state index contributed by atoms with van der Waals surface area (Å²) in [5, 5.41) is 19.8. The van der Waals surface area contributed by atoms with E-state index in [4.69, 9.17) is 9.84 Å². The molecule has 0 heterocycles. The van der Waals surface area contributed by atoms with Crippen molar-refractivity contribution >= 4 is 5.97 Å².